The Bertz CT molecular complexity index is 181. The molecule has 18 heavy (non-hydrogen) atoms. The molecule has 108 valence electrons. The van der Waals surface area contributed by atoms with Crippen LogP contribution in [0.25, 0.3) is 0 Å². The molecule has 0 aromatic heterocycles. The molecule has 0 radical (unpaired) electrons. The van der Waals surface area contributed by atoms with E-state index in [-0.39, 0.29) is 12.2 Å². The van der Waals surface area contributed by atoms with Crippen LogP contribution in [0.4, 0.5) is 0 Å². The Hall–Kier alpha value is -0.340. The van der Waals surface area contributed by atoms with Gasteiger partial charge in [0.2, 0.25) is 0 Å². The van der Waals surface area contributed by atoms with Gasteiger partial charge in [0, 0.05) is 0 Å². The van der Waals surface area contributed by atoms with E-state index in [9.17, 15) is 10.2 Å². The summed E-state index contributed by atoms with van der Waals surface area (Å²) in [6.45, 7) is 8.30. The van der Waals surface area contributed by atoms with Crippen LogP contribution >= 0.6 is 0 Å². The maximum Gasteiger partial charge on any atom is 0.0577 e. The molecule has 0 saturated heterocycles. The second-order valence-electron chi connectivity index (χ2n) is 5.46. The average Bonchev–Trinajstić information content (AvgIpc) is 2.29. The average molecular weight is 256 g/mol. The Morgan fingerprint density at radius 1 is 0.833 bits per heavy atom. The number of hydrogen-bond acceptors (Lipinski definition) is 2. The van der Waals surface area contributed by atoms with Gasteiger partial charge in [-0.2, -0.15) is 0 Å². The third-order valence-electron chi connectivity index (χ3n) is 3.33. The summed E-state index contributed by atoms with van der Waals surface area (Å²) in [5.41, 5.74) is 0.989. The first-order chi connectivity index (χ1) is 8.60. The van der Waals surface area contributed by atoms with Gasteiger partial charge in [0.15, 0.2) is 0 Å². The zero-order chi connectivity index (χ0) is 13.8. The first-order valence-corrected chi connectivity index (χ1v) is 7.62. The maximum absolute atomic E-state index is 9.83. The molecule has 2 nitrogen and oxygen atoms in total. The van der Waals surface area contributed by atoms with E-state index < -0.39 is 0 Å². The zero-order valence-corrected chi connectivity index (χ0v) is 12.3. The van der Waals surface area contributed by atoms with Crippen molar-refractivity contribution in [2.75, 3.05) is 0 Å². The van der Waals surface area contributed by atoms with Crippen molar-refractivity contribution in [2.24, 2.45) is 0 Å². The minimum absolute atomic E-state index is 0.271. The summed E-state index contributed by atoms with van der Waals surface area (Å²) in [7, 11) is 0. The normalized spacial score (nSPS) is 14.4. The lowest BCUT2D eigenvalue weighted by molar-refractivity contribution is 0.142. The van der Waals surface area contributed by atoms with Crippen LogP contribution in [0.15, 0.2) is 12.2 Å². The highest BCUT2D eigenvalue weighted by molar-refractivity contribution is 4.98. The Balaban J connectivity index is 3.61. The fourth-order valence-electron chi connectivity index (χ4n) is 2.21. The first-order valence-electron chi connectivity index (χ1n) is 7.62. The SMILES string of the molecule is C=C(C[C@@H](O)CCCCC)C[C@@H](O)CCCCC. The van der Waals surface area contributed by atoms with Gasteiger partial charge in [0.05, 0.1) is 12.2 Å². The van der Waals surface area contributed by atoms with Crippen molar-refractivity contribution in [2.45, 2.75) is 90.3 Å². The smallest absolute Gasteiger partial charge is 0.0577 e. The molecule has 0 aliphatic carbocycles. The van der Waals surface area contributed by atoms with Crippen molar-refractivity contribution < 1.29 is 10.2 Å². The van der Waals surface area contributed by atoms with Gasteiger partial charge in [-0.15, -0.1) is 0 Å². The molecule has 0 spiro atoms. The Morgan fingerprint density at radius 2 is 1.22 bits per heavy atom. The van der Waals surface area contributed by atoms with Gasteiger partial charge in [0.1, 0.15) is 0 Å². The van der Waals surface area contributed by atoms with Crippen molar-refractivity contribution in [3.63, 3.8) is 0 Å². The molecule has 2 N–H and O–H groups in total. The Morgan fingerprint density at radius 3 is 1.56 bits per heavy atom. The Kier molecular flexibility index (Phi) is 11.5. The third-order valence-corrected chi connectivity index (χ3v) is 3.33. The van der Waals surface area contributed by atoms with E-state index in [4.69, 9.17) is 0 Å². The molecule has 0 amide bonds. The molecule has 0 saturated carbocycles. The first kappa shape index (κ1) is 17.7. The molecular weight excluding hydrogens is 224 g/mol. The topological polar surface area (TPSA) is 40.5 Å². The van der Waals surface area contributed by atoms with Crippen LogP contribution in [-0.4, -0.2) is 22.4 Å². The van der Waals surface area contributed by atoms with E-state index in [1.165, 1.54) is 25.7 Å². The number of hydrogen-bond donors (Lipinski definition) is 2. The predicted octanol–water partition coefficient (Wildman–Crippen LogP) is 4.21. The van der Waals surface area contributed by atoms with Crippen LogP contribution in [0.5, 0.6) is 0 Å². The van der Waals surface area contributed by atoms with Crippen LogP contribution in [0.3, 0.4) is 0 Å². The van der Waals surface area contributed by atoms with E-state index in [0.29, 0.717) is 12.8 Å². The lowest BCUT2D eigenvalue weighted by Crippen LogP contribution is -2.12. The van der Waals surface area contributed by atoms with Crippen LogP contribution in [0.1, 0.15) is 78.1 Å². The predicted molar refractivity (Wildman–Crippen MR) is 78.7 cm³/mol. The highest BCUT2D eigenvalue weighted by atomic mass is 16.3. The van der Waals surface area contributed by atoms with Crippen LogP contribution in [-0.2, 0) is 0 Å². The maximum atomic E-state index is 9.83. The van der Waals surface area contributed by atoms with Gasteiger partial charge in [-0.3, -0.25) is 0 Å². The number of unbranched alkanes of at least 4 members (excludes halogenated alkanes) is 4. The van der Waals surface area contributed by atoms with Crippen molar-refractivity contribution in [1.82, 2.24) is 0 Å². The summed E-state index contributed by atoms with van der Waals surface area (Å²) >= 11 is 0. The Labute approximate surface area is 113 Å². The molecule has 0 aromatic rings. The quantitative estimate of drug-likeness (QED) is 0.406. The van der Waals surface area contributed by atoms with E-state index in [1.54, 1.807) is 0 Å². The minimum Gasteiger partial charge on any atom is -0.393 e. The van der Waals surface area contributed by atoms with Gasteiger partial charge in [-0.05, 0) is 25.7 Å². The largest absolute Gasteiger partial charge is 0.393 e. The monoisotopic (exact) mass is 256 g/mol. The fraction of sp³-hybridized carbons (Fsp3) is 0.875. The second kappa shape index (κ2) is 11.7. The van der Waals surface area contributed by atoms with Gasteiger partial charge >= 0.3 is 0 Å². The standard InChI is InChI=1S/C16H32O2/c1-4-6-8-10-15(17)12-14(3)13-16(18)11-9-7-5-2/h15-18H,3-13H2,1-2H3/t15-,16-/m0/s1. The van der Waals surface area contributed by atoms with Crippen molar-refractivity contribution in [3.8, 4) is 0 Å². The van der Waals surface area contributed by atoms with E-state index in [0.717, 1.165) is 31.3 Å². The van der Waals surface area contributed by atoms with E-state index >= 15 is 0 Å². The summed E-state index contributed by atoms with van der Waals surface area (Å²) in [5.74, 6) is 0. The molecule has 0 aliphatic heterocycles. The molecule has 2 atom stereocenters. The lowest BCUT2D eigenvalue weighted by atomic mass is 9.98. The molecular formula is C16H32O2. The van der Waals surface area contributed by atoms with Gasteiger partial charge in [-0.25, -0.2) is 0 Å². The summed E-state index contributed by atoms with van der Waals surface area (Å²) in [6.07, 6.45) is 9.38. The summed E-state index contributed by atoms with van der Waals surface area (Å²) in [6, 6.07) is 0. The second-order valence-corrected chi connectivity index (χ2v) is 5.46. The molecule has 0 bridgehead atoms. The highest BCUT2D eigenvalue weighted by Crippen LogP contribution is 2.17. The molecule has 0 heterocycles. The molecule has 0 rings (SSSR count). The molecule has 0 aromatic carbocycles. The molecule has 0 aliphatic rings. The van der Waals surface area contributed by atoms with Gasteiger partial charge in [-0.1, -0.05) is 64.5 Å². The third kappa shape index (κ3) is 10.8. The van der Waals surface area contributed by atoms with E-state index in [1.807, 2.05) is 0 Å². The van der Waals surface area contributed by atoms with Gasteiger partial charge in [0.25, 0.3) is 0 Å². The highest BCUT2D eigenvalue weighted by Gasteiger charge is 2.10. The number of rotatable bonds is 12. The van der Waals surface area contributed by atoms with Crippen LogP contribution in [0, 0.1) is 0 Å². The molecule has 0 fully saturated rings. The van der Waals surface area contributed by atoms with Crippen molar-refractivity contribution >= 4 is 0 Å². The number of aliphatic hydroxyl groups excluding tert-OH is 2. The fourth-order valence-corrected chi connectivity index (χ4v) is 2.21. The summed E-state index contributed by atoms with van der Waals surface area (Å²) < 4.78 is 0. The summed E-state index contributed by atoms with van der Waals surface area (Å²) in [4.78, 5) is 0. The lowest BCUT2D eigenvalue weighted by Gasteiger charge is -2.15. The van der Waals surface area contributed by atoms with Crippen LogP contribution < -0.4 is 0 Å². The number of aliphatic hydroxyl groups is 2. The van der Waals surface area contributed by atoms with Gasteiger partial charge < -0.3 is 10.2 Å². The summed E-state index contributed by atoms with van der Waals surface area (Å²) in [5, 5.41) is 19.7. The van der Waals surface area contributed by atoms with E-state index in [2.05, 4.69) is 20.4 Å². The van der Waals surface area contributed by atoms with Crippen molar-refractivity contribution in [3.05, 3.63) is 12.2 Å². The van der Waals surface area contributed by atoms with Crippen molar-refractivity contribution in [1.29, 1.82) is 0 Å². The zero-order valence-electron chi connectivity index (χ0n) is 12.3. The molecule has 0 unspecified atom stereocenters. The van der Waals surface area contributed by atoms with Crippen LogP contribution in [0.2, 0.25) is 0 Å². The minimum atomic E-state index is -0.271. The molecule has 2 heteroatoms.